The number of ether oxygens (including phenoxy) is 2. The minimum Gasteiger partial charge on any atom is -0.502 e. The lowest BCUT2D eigenvalue weighted by atomic mass is 10.0. The van der Waals surface area contributed by atoms with Gasteiger partial charge in [-0.15, -0.1) is 22.7 Å². The molecular weight excluding hydrogens is 553 g/mol. The third-order valence-electron chi connectivity index (χ3n) is 7.88. The number of fused-ring (bicyclic) bond motifs is 2. The van der Waals surface area contributed by atoms with E-state index < -0.39 is 0 Å². The van der Waals surface area contributed by atoms with Crippen LogP contribution in [0.4, 0.5) is 0 Å². The van der Waals surface area contributed by atoms with Crippen LogP contribution < -0.4 is 0 Å². The molecule has 4 heteroatoms. The maximum absolute atomic E-state index is 5.46. The lowest BCUT2D eigenvalue weighted by Crippen LogP contribution is -1.93. The molecule has 0 aliphatic rings. The maximum atomic E-state index is 5.46. The van der Waals surface area contributed by atoms with Gasteiger partial charge in [-0.1, -0.05) is 80.8 Å². The Morgan fingerprint density at radius 2 is 1.14 bits per heavy atom. The van der Waals surface area contributed by atoms with Crippen LogP contribution in [0.15, 0.2) is 85.6 Å². The molecule has 2 aromatic heterocycles. The Morgan fingerprint density at radius 3 is 1.67 bits per heavy atom. The molecule has 0 unspecified atom stereocenters. The SMILES string of the molecule is C=COCCCCCCc1cccc(-c2cc3cc4sc(-c5cccc(CCCCCCOCC)c5)cc4cc3s2)c1. The molecule has 0 saturated carbocycles. The van der Waals surface area contributed by atoms with Crippen molar-refractivity contribution in [3.8, 4) is 20.9 Å². The van der Waals surface area contributed by atoms with Crippen LogP contribution in [0.5, 0.6) is 0 Å². The van der Waals surface area contributed by atoms with Crippen molar-refractivity contribution >= 4 is 42.8 Å². The fraction of sp³-hybridized carbons (Fsp3) is 0.368. The molecule has 5 rings (SSSR count). The van der Waals surface area contributed by atoms with Crippen LogP contribution in [0.3, 0.4) is 0 Å². The van der Waals surface area contributed by atoms with Gasteiger partial charge in [-0.25, -0.2) is 0 Å². The lowest BCUT2D eigenvalue weighted by Gasteiger charge is -2.05. The molecule has 0 fully saturated rings. The molecule has 0 amide bonds. The maximum Gasteiger partial charge on any atom is 0.0873 e. The van der Waals surface area contributed by atoms with Crippen molar-refractivity contribution in [2.75, 3.05) is 19.8 Å². The Kier molecular flexibility index (Phi) is 11.7. The summed E-state index contributed by atoms with van der Waals surface area (Å²) in [4.78, 5) is 2.72. The molecule has 0 N–H and O–H groups in total. The van der Waals surface area contributed by atoms with E-state index in [9.17, 15) is 0 Å². The summed E-state index contributed by atoms with van der Waals surface area (Å²) in [7, 11) is 0. The van der Waals surface area contributed by atoms with Crippen LogP contribution in [0.1, 0.15) is 69.4 Å². The molecule has 220 valence electrons. The first kappa shape index (κ1) is 30.5. The number of unbranched alkanes of at least 4 members (excludes halogenated alkanes) is 6. The second-order valence-electron chi connectivity index (χ2n) is 11.1. The zero-order chi connectivity index (χ0) is 29.0. The third kappa shape index (κ3) is 8.56. The number of hydrogen-bond donors (Lipinski definition) is 0. The van der Waals surface area contributed by atoms with E-state index in [-0.39, 0.29) is 0 Å². The van der Waals surface area contributed by atoms with Crippen molar-refractivity contribution in [3.05, 3.63) is 96.8 Å². The largest absolute Gasteiger partial charge is 0.502 e. The molecule has 0 radical (unpaired) electrons. The second-order valence-corrected chi connectivity index (χ2v) is 13.3. The number of thiophene rings is 2. The normalized spacial score (nSPS) is 11.5. The van der Waals surface area contributed by atoms with E-state index in [1.54, 1.807) is 0 Å². The molecule has 2 heterocycles. The minimum atomic E-state index is 0.785. The fourth-order valence-corrected chi connectivity index (χ4v) is 7.78. The van der Waals surface area contributed by atoms with Gasteiger partial charge in [0, 0.05) is 32.4 Å². The summed E-state index contributed by atoms with van der Waals surface area (Å²) in [5.74, 6) is 0. The van der Waals surface area contributed by atoms with Crippen molar-refractivity contribution in [1.29, 1.82) is 0 Å². The summed E-state index contributed by atoms with van der Waals surface area (Å²) in [6, 6.07) is 27.9. The van der Waals surface area contributed by atoms with Crippen molar-refractivity contribution in [2.24, 2.45) is 0 Å². The van der Waals surface area contributed by atoms with E-state index in [0.29, 0.717) is 0 Å². The fourth-order valence-electron chi connectivity index (χ4n) is 5.60. The highest BCUT2D eigenvalue weighted by Gasteiger charge is 2.11. The quantitative estimate of drug-likeness (QED) is 0.0740. The molecule has 0 spiro atoms. The van der Waals surface area contributed by atoms with E-state index >= 15 is 0 Å². The Morgan fingerprint density at radius 1 is 0.619 bits per heavy atom. The van der Waals surface area contributed by atoms with Gasteiger partial charge in [-0.2, -0.15) is 0 Å². The first-order valence-corrected chi connectivity index (χ1v) is 17.3. The average Bonchev–Trinajstić information content (AvgIpc) is 3.63. The average molecular weight is 597 g/mol. The van der Waals surface area contributed by atoms with Crippen molar-refractivity contribution < 1.29 is 9.47 Å². The van der Waals surface area contributed by atoms with Gasteiger partial charge in [0.15, 0.2) is 0 Å². The van der Waals surface area contributed by atoms with Gasteiger partial charge in [0.1, 0.15) is 0 Å². The molecule has 5 aromatic rings. The zero-order valence-electron chi connectivity index (χ0n) is 25.0. The Hall–Kier alpha value is -2.92. The van der Waals surface area contributed by atoms with Crippen LogP contribution in [-0.2, 0) is 22.3 Å². The summed E-state index contributed by atoms with van der Waals surface area (Å²) in [5, 5.41) is 2.70. The third-order valence-corrected chi connectivity index (χ3v) is 10.2. The van der Waals surface area contributed by atoms with Crippen molar-refractivity contribution in [2.45, 2.75) is 71.1 Å². The summed E-state index contributed by atoms with van der Waals surface area (Å²) >= 11 is 3.83. The highest BCUT2D eigenvalue weighted by atomic mass is 32.1. The predicted molar refractivity (Wildman–Crippen MR) is 185 cm³/mol. The van der Waals surface area contributed by atoms with Gasteiger partial charge in [0.25, 0.3) is 0 Å². The molecule has 0 aliphatic heterocycles. The summed E-state index contributed by atoms with van der Waals surface area (Å²) in [6.45, 7) is 8.18. The molecule has 0 saturated heterocycles. The standard InChI is InChI=1S/C38H44O2S2/c1-3-39-21-11-7-5-9-15-29-17-13-19-31(23-29)35-25-33-27-38-34(28-37(33)41-35)26-36(42-38)32-20-14-18-30(24-32)16-10-6-8-12-22-40-4-2/h3,13-14,17-20,23-28H,1,4-12,15-16,21-22H2,2H3. The van der Waals surface area contributed by atoms with Gasteiger partial charge in [-0.05, 0) is 103 Å². The number of hydrogen-bond acceptors (Lipinski definition) is 4. The van der Waals surface area contributed by atoms with E-state index in [0.717, 1.165) is 39.1 Å². The lowest BCUT2D eigenvalue weighted by molar-refractivity contribution is 0.143. The smallest absolute Gasteiger partial charge is 0.0873 e. The van der Waals surface area contributed by atoms with Crippen LogP contribution in [0.2, 0.25) is 0 Å². The topological polar surface area (TPSA) is 18.5 Å². The predicted octanol–water partition coefficient (Wildman–Crippen LogP) is 11.9. The zero-order valence-corrected chi connectivity index (χ0v) is 26.7. The summed E-state index contributed by atoms with van der Waals surface area (Å²) in [5.41, 5.74) is 5.56. The Labute approximate surface area is 260 Å². The van der Waals surface area contributed by atoms with E-state index in [1.165, 1.54) is 103 Å². The number of aryl methyl sites for hydroxylation is 2. The molecule has 0 aliphatic carbocycles. The molecule has 2 nitrogen and oxygen atoms in total. The van der Waals surface area contributed by atoms with E-state index in [2.05, 4.69) is 86.3 Å². The molecule has 3 aromatic carbocycles. The number of rotatable bonds is 18. The first-order valence-electron chi connectivity index (χ1n) is 15.7. The van der Waals surface area contributed by atoms with Gasteiger partial charge >= 0.3 is 0 Å². The van der Waals surface area contributed by atoms with Crippen LogP contribution in [0.25, 0.3) is 41.1 Å². The Bertz CT molecular complexity index is 1510. The number of benzene rings is 3. The van der Waals surface area contributed by atoms with Crippen molar-refractivity contribution in [3.63, 3.8) is 0 Å². The van der Waals surface area contributed by atoms with Gasteiger partial charge in [0.05, 0.1) is 12.9 Å². The van der Waals surface area contributed by atoms with E-state index in [1.807, 2.05) is 22.7 Å². The summed E-state index contributed by atoms with van der Waals surface area (Å²) in [6.07, 6.45) is 13.6. The monoisotopic (exact) mass is 596 g/mol. The highest BCUT2D eigenvalue weighted by molar-refractivity contribution is 7.23. The van der Waals surface area contributed by atoms with Gasteiger partial charge in [0.2, 0.25) is 0 Å². The minimum absolute atomic E-state index is 0.785. The summed E-state index contributed by atoms with van der Waals surface area (Å²) < 4.78 is 13.4. The highest BCUT2D eigenvalue weighted by Crippen LogP contribution is 2.40. The van der Waals surface area contributed by atoms with Crippen LogP contribution in [-0.4, -0.2) is 19.8 Å². The molecule has 0 bridgehead atoms. The van der Waals surface area contributed by atoms with Crippen LogP contribution in [0, 0.1) is 0 Å². The molecular formula is C38H44O2S2. The van der Waals surface area contributed by atoms with E-state index in [4.69, 9.17) is 9.47 Å². The first-order chi connectivity index (χ1) is 20.7. The van der Waals surface area contributed by atoms with Gasteiger partial charge < -0.3 is 9.47 Å². The molecule has 0 atom stereocenters. The van der Waals surface area contributed by atoms with Crippen molar-refractivity contribution in [1.82, 2.24) is 0 Å². The second kappa shape index (κ2) is 16.1. The molecule has 42 heavy (non-hydrogen) atoms. The Balaban J connectivity index is 1.21. The van der Waals surface area contributed by atoms with Crippen LogP contribution >= 0.6 is 22.7 Å². The van der Waals surface area contributed by atoms with Gasteiger partial charge in [-0.3, -0.25) is 0 Å².